The van der Waals surface area contributed by atoms with Gasteiger partial charge in [-0.05, 0) is 24.5 Å². The summed E-state index contributed by atoms with van der Waals surface area (Å²) in [6, 6.07) is 2.82. The molecule has 0 spiro atoms. The fourth-order valence-electron chi connectivity index (χ4n) is 3.24. The number of anilines is 1. The second-order valence-electron chi connectivity index (χ2n) is 7.51. The zero-order valence-electron chi connectivity index (χ0n) is 18.3. The first-order chi connectivity index (χ1) is 15.7. The topological polar surface area (TPSA) is 136 Å². The molecule has 3 rings (SSSR count). The van der Waals surface area contributed by atoms with Crippen LogP contribution >= 0.6 is 11.3 Å². The maximum Gasteiger partial charge on any atom is 0.357 e. The monoisotopic (exact) mass is 478 g/mol. The molecule has 0 bridgehead atoms. The van der Waals surface area contributed by atoms with E-state index in [4.69, 9.17) is 4.74 Å². The van der Waals surface area contributed by atoms with Crippen LogP contribution in [0.4, 0.5) is 9.52 Å². The van der Waals surface area contributed by atoms with Gasteiger partial charge in [0.25, 0.3) is 0 Å². The van der Waals surface area contributed by atoms with Crippen LogP contribution in [0.1, 0.15) is 36.8 Å². The lowest BCUT2D eigenvalue weighted by Gasteiger charge is -2.19. The molecule has 1 amide bonds. The van der Waals surface area contributed by atoms with Crippen LogP contribution in [0.2, 0.25) is 0 Å². The van der Waals surface area contributed by atoms with E-state index in [1.807, 2.05) is 13.8 Å². The molecular formula is C21H23FN4O6S. The van der Waals surface area contributed by atoms with Gasteiger partial charge in [0, 0.05) is 17.0 Å². The number of methoxy groups -OCH3 is 2. The predicted molar refractivity (Wildman–Crippen MR) is 119 cm³/mol. The highest BCUT2D eigenvalue weighted by Crippen LogP contribution is 2.33. The molecule has 0 aliphatic carbocycles. The van der Waals surface area contributed by atoms with Crippen LogP contribution in [0, 0.1) is 11.7 Å². The smallest absolute Gasteiger partial charge is 0.357 e. The molecule has 0 unspecified atom stereocenters. The number of rotatable bonds is 8. The van der Waals surface area contributed by atoms with Crippen LogP contribution < -0.4 is 15.7 Å². The second-order valence-corrected chi connectivity index (χ2v) is 8.37. The Morgan fingerprint density at radius 3 is 2.67 bits per heavy atom. The summed E-state index contributed by atoms with van der Waals surface area (Å²) in [6.07, 6.45) is 0.191. The van der Waals surface area contributed by atoms with E-state index >= 15 is 0 Å². The number of amides is 1. The third-order valence-corrected chi connectivity index (χ3v) is 5.54. The fraction of sp³-hybridized carbons (Fsp3) is 0.333. The van der Waals surface area contributed by atoms with Gasteiger partial charge >= 0.3 is 11.7 Å². The molecular weight excluding hydrogens is 455 g/mol. The quantitative estimate of drug-likeness (QED) is 0.423. The Kier molecular flexibility index (Phi) is 7.16. The van der Waals surface area contributed by atoms with Crippen LogP contribution in [0.25, 0.3) is 11.3 Å². The first-order valence-corrected chi connectivity index (χ1v) is 10.8. The van der Waals surface area contributed by atoms with E-state index < -0.39 is 35.3 Å². The van der Waals surface area contributed by atoms with Crippen molar-refractivity contribution in [2.24, 2.45) is 5.92 Å². The highest BCUT2D eigenvalue weighted by atomic mass is 32.1. The standard InChI is InChI=1S/C21H23FN4O6S/c1-10(2)7-15(17(27)25-20-23-14(9-33-20)19(29)32-4)26-18(28)16(24-21(26)30)12-6-5-11(31-3)8-13(12)22/h5-6,8-10,15,28H,7H2,1-4H3,(H,24,30)(H,23,25,27)/t15-/m0/s1. The Bertz CT molecular complexity index is 1230. The minimum absolute atomic E-state index is 0.0251. The maximum atomic E-state index is 14.6. The second kappa shape index (κ2) is 9.86. The molecule has 33 heavy (non-hydrogen) atoms. The average molecular weight is 479 g/mol. The van der Waals surface area contributed by atoms with Crippen LogP contribution in [0.5, 0.6) is 11.6 Å². The fourth-order valence-corrected chi connectivity index (χ4v) is 3.92. The number of nitrogens with zero attached hydrogens (tertiary/aromatic N) is 2. The number of imidazole rings is 1. The van der Waals surface area contributed by atoms with Crippen LogP contribution in [0.15, 0.2) is 28.4 Å². The van der Waals surface area contributed by atoms with E-state index in [1.165, 1.54) is 31.7 Å². The number of carbonyl (C=O) groups is 2. The summed E-state index contributed by atoms with van der Waals surface area (Å²) in [7, 11) is 2.60. The highest BCUT2D eigenvalue weighted by molar-refractivity contribution is 7.14. The van der Waals surface area contributed by atoms with E-state index in [1.54, 1.807) is 0 Å². The molecule has 176 valence electrons. The normalized spacial score (nSPS) is 11.9. The number of aromatic nitrogens is 3. The largest absolute Gasteiger partial charge is 0.497 e. The number of aromatic amines is 1. The predicted octanol–water partition coefficient (Wildman–Crippen LogP) is 3.17. The zero-order valence-corrected chi connectivity index (χ0v) is 19.2. The number of hydrogen-bond acceptors (Lipinski definition) is 8. The van der Waals surface area contributed by atoms with Crippen molar-refractivity contribution in [1.29, 1.82) is 0 Å². The maximum absolute atomic E-state index is 14.6. The third-order valence-electron chi connectivity index (χ3n) is 4.79. The summed E-state index contributed by atoms with van der Waals surface area (Å²) in [5, 5.41) is 14.9. The molecule has 2 heterocycles. The molecule has 10 nitrogen and oxygen atoms in total. The number of ether oxygens (including phenoxy) is 2. The van der Waals surface area contributed by atoms with E-state index in [9.17, 15) is 23.9 Å². The molecule has 1 aromatic carbocycles. The van der Waals surface area contributed by atoms with Gasteiger partial charge in [-0.25, -0.2) is 19.0 Å². The lowest BCUT2D eigenvalue weighted by molar-refractivity contribution is -0.119. The minimum Gasteiger partial charge on any atom is -0.497 e. The van der Waals surface area contributed by atoms with Crippen LogP contribution in [-0.2, 0) is 9.53 Å². The first-order valence-electron chi connectivity index (χ1n) is 9.88. The van der Waals surface area contributed by atoms with Gasteiger partial charge in [-0.1, -0.05) is 13.8 Å². The Labute approximate surface area is 192 Å². The molecule has 0 fully saturated rings. The summed E-state index contributed by atoms with van der Waals surface area (Å²) in [6.45, 7) is 3.69. The van der Waals surface area contributed by atoms with Gasteiger partial charge < -0.3 is 24.9 Å². The summed E-state index contributed by atoms with van der Waals surface area (Å²) in [4.78, 5) is 43.8. The van der Waals surface area contributed by atoms with Gasteiger partial charge in [0.15, 0.2) is 10.8 Å². The minimum atomic E-state index is -1.13. The van der Waals surface area contributed by atoms with Gasteiger partial charge in [-0.2, -0.15) is 0 Å². The molecule has 12 heteroatoms. The Morgan fingerprint density at radius 1 is 1.33 bits per heavy atom. The number of aromatic hydroxyl groups is 1. The Balaban J connectivity index is 1.98. The van der Waals surface area contributed by atoms with E-state index in [-0.39, 0.29) is 40.2 Å². The SMILES string of the molecule is COC(=O)c1csc(NC(=O)[C@H](CC(C)C)n2c(O)c(-c3ccc(OC)cc3F)[nH]c2=O)n1. The number of nitrogens with one attached hydrogen (secondary N) is 2. The first kappa shape index (κ1) is 24.0. The van der Waals surface area contributed by atoms with Gasteiger partial charge in [0.05, 0.1) is 14.2 Å². The lowest BCUT2D eigenvalue weighted by atomic mass is 10.0. The summed E-state index contributed by atoms with van der Waals surface area (Å²) in [5.74, 6) is -2.36. The Morgan fingerprint density at radius 2 is 2.06 bits per heavy atom. The van der Waals surface area contributed by atoms with E-state index in [0.717, 1.165) is 22.0 Å². The third kappa shape index (κ3) is 5.06. The molecule has 3 aromatic rings. The van der Waals surface area contributed by atoms with Crippen LogP contribution in [0.3, 0.4) is 0 Å². The number of carbonyl (C=O) groups excluding carboxylic acids is 2. The summed E-state index contributed by atoms with van der Waals surface area (Å²) < 4.78 is 25.0. The Hall–Kier alpha value is -3.67. The van der Waals surface area contributed by atoms with Gasteiger partial charge in [0.1, 0.15) is 23.3 Å². The molecule has 1 atom stereocenters. The number of thiazole rings is 1. The van der Waals surface area contributed by atoms with Crippen molar-refractivity contribution in [2.75, 3.05) is 19.5 Å². The van der Waals surface area contributed by atoms with E-state index in [0.29, 0.717) is 0 Å². The molecule has 0 aliphatic heterocycles. The van der Waals surface area contributed by atoms with Crippen molar-refractivity contribution in [3.8, 4) is 22.9 Å². The number of hydrogen-bond donors (Lipinski definition) is 3. The zero-order chi connectivity index (χ0) is 24.3. The molecule has 0 saturated carbocycles. The number of esters is 1. The number of halogens is 1. The average Bonchev–Trinajstić information content (AvgIpc) is 3.35. The molecule has 2 aromatic heterocycles. The molecule has 0 radical (unpaired) electrons. The van der Waals surface area contributed by atoms with Crippen molar-refractivity contribution in [3.63, 3.8) is 0 Å². The molecule has 3 N–H and O–H groups in total. The molecule has 0 saturated heterocycles. The number of benzene rings is 1. The van der Waals surface area contributed by atoms with Gasteiger partial charge in [-0.15, -0.1) is 11.3 Å². The van der Waals surface area contributed by atoms with Crippen molar-refractivity contribution in [2.45, 2.75) is 26.3 Å². The number of H-pyrrole nitrogens is 1. The van der Waals surface area contributed by atoms with E-state index in [2.05, 4.69) is 20.0 Å². The van der Waals surface area contributed by atoms with Crippen molar-refractivity contribution < 1.29 is 28.6 Å². The highest BCUT2D eigenvalue weighted by Gasteiger charge is 2.30. The van der Waals surface area contributed by atoms with Crippen molar-refractivity contribution in [1.82, 2.24) is 14.5 Å². The van der Waals surface area contributed by atoms with Gasteiger partial charge in [0.2, 0.25) is 11.8 Å². The van der Waals surface area contributed by atoms with Gasteiger partial charge in [-0.3, -0.25) is 9.36 Å². The van der Waals surface area contributed by atoms with Crippen molar-refractivity contribution >= 4 is 28.3 Å². The van der Waals surface area contributed by atoms with Crippen LogP contribution in [-0.4, -0.2) is 45.7 Å². The lowest BCUT2D eigenvalue weighted by Crippen LogP contribution is -2.33. The summed E-state index contributed by atoms with van der Waals surface area (Å²) in [5.41, 5.74) is -0.982. The summed E-state index contributed by atoms with van der Waals surface area (Å²) >= 11 is 1.01. The van der Waals surface area contributed by atoms with Crippen molar-refractivity contribution in [3.05, 3.63) is 45.6 Å². The molecule has 0 aliphatic rings.